The van der Waals surface area contributed by atoms with Gasteiger partial charge in [0.1, 0.15) is 19.8 Å². The van der Waals surface area contributed by atoms with Crippen molar-refractivity contribution in [2.24, 2.45) is 0 Å². The van der Waals surface area contributed by atoms with Crippen LogP contribution in [0.3, 0.4) is 0 Å². The summed E-state index contributed by atoms with van der Waals surface area (Å²) in [5, 5.41) is 0. The lowest BCUT2D eigenvalue weighted by molar-refractivity contribution is -0.870. The van der Waals surface area contributed by atoms with Gasteiger partial charge in [0, 0.05) is 12.8 Å². The molecule has 0 aliphatic carbocycles. The molecule has 0 bridgehead atoms. The third-order valence-corrected chi connectivity index (χ3v) is 18.0. The van der Waals surface area contributed by atoms with Crippen LogP contribution in [0.5, 0.6) is 0 Å². The molecule has 0 saturated carbocycles. The van der Waals surface area contributed by atoms with E-state index in [9.17, 15) is 19.0 Å². The van der Waals surface area contributed by atoms with Crippen molar-refractivity contribution in [3.8, 4) is 0 Å². The molecule has 0 aromatic rings. The summed E-state index contributed by atoms with van der Waals surface area (Å²) in [6.45, 7) is 4.39. The number of ether oxygens (including phenoxy) is 2. The number of esters is 2. The molecule has 9 nitrogen and oxygen atoms in total. The molecule has 0 spiro atoms. The van der Waals surface area contributed by atoms with E-state index < -0.39 is 26.5 Å². The molecule has 516 valence electrons. The maximum atomic E-state index is 12.9. The third-order valence-electron chi connectivity index (χ3n) is 17.1. The van der Waals surface area contributed by atoms with Crippen molar-refractivity contribution in [1.29, 1.82) is 0 Å². The molecule has 2 atom stereocenters. The predicted octanol–water partition coefficient (Wildman–Crippen LogP) is 24.9. The van der Waals surface area contributed by atoms with Crippen molar-refractivity contribution >= 4 is 19.8 Å². The SMILES string of the molecule is CC/C=C\C/C=C\C/C=C\C/C=C\C/C=C\CCCCCCCCCCCCCCCCCCCCCCCC(=O)OC(COC(=O)CCCCCCCCCCCCCCCCCCCCCCCCCCCCC)COP(=O)(O)OCC[N+](C)(C)C. The molecule has 0 heterocycles. The highest BCUT2D eigenvalue weighted by atomic mass is 31.2. The van der Waals surface area contributed by atoms with Crippen LogP contribution >= 0.6 is 7.82 Å². The van der Waals surface area contributed by atoms with E-state index in [1.54, 1.807) is 0 Å². The van der Waals surface area contributed by atoms with E-state index in [0.29, 0.717) is 23.9 Å². The number of nitrogens with zero attached hydrogens (tertiary/aromatic N) is 1. The van der Waals surface area contributed by atoms with Crippen LogP contribution < -0.4 is 0 Å². The van der Waals surface area contributed by atoms with E-state index in [1.807, 2.05) is 21.1 Å². The Morgan fingerprint density at radius 1 is 0.364 bits per heavy atom. The van der Waals surface area contributed by atoms with Crippen molar-refractivity contribution in [2.45, 2.75) is 380 Å². The molecule has 0 fully saturated rings. The highest BCUT2D eigenvalue weighted by Gasteiger charge is 2.27. The van der Waals surface area contributed by atoms with Gasteiger partial charge < -0.3 is 18.9 Å². The maximum Gasteiger partial charge on any atom is 0.472 e. The van der Waals surface area contributed by atoms with Gasteiger partial charge in [0.2, 0.25) is 0 Å². The summed E-state index contributed by atoms with van der Waals surface area (Å²) >= 11 is 0. The monoisotopic (exact) mass is 1260 g/mol. The second kappa shape index (κ2) is 69.1. The Morgan fingerprint density at radius 3 is 0.966 bits per heavy atom. The quantitative estimate of drug-likeness (QED) is 0.0211. The maximum absolute atomic E-state index is 12.9. The zero-order chi connectivity index (χ0) is 64.1. The van der Waals surface area contributed by atoms with Crippen molar-refractivity contribution in [3.05, 3.63) is 60.8 Å². The second-order valence-electron chi connectivity index (χ2n) is 27.0. The number of allylic oxidation sites excluding steroid dienone is 10. The third kappa shape index (κ3) is 72.8. The van der Waals surface area contributed by atoms with Crippen molar-refractivity contribution in [2.75, 3.05) is 47.5 Å². The summed E-state index contributed by atoms with van der Waals surface area (Å²) < 4.78 is 34.8. The van der Waals surface area contributed by atoms with Gasteiger partial charge in [0.25, 0.3) is 0 Å². The van der Waals surface area contributed by atoms with Crippen LogP contribution in [0.4, 0.5) is 0 Å². The van der Waals surface area contributed by atoms with E-state index in [1.165, 1.54) is 276 Å². The van der Waals surface area contributed by atoms with Gasteiger partial charge >= 0.3 is 19.8 Å². The fourth-order valence-electron chi connectivity index (χ4n) is 11.3. The van der Waals surface area contributed by atoms with Gasteiger partial charge in [-0.3, -0.25) is 18.6 Å². The average molecular weight is 1260 g/mol. The van der Waals surface area contributed by atoms with Crippen LogP contribution in [0, 0.1) is 0 Å². The molecular weight excluding hydrogens is 1110 g/mol. The highest BCUT2D eigenvalue weighted by Crippen LogP contribution is 2.43. The normalized spacial score (nSPS) is 13.4. The van der Waals surface area contributed by atoms with Gasteiger partial charge in [0.15, 0.2) is 6.10 Å². The number of quaternary nitrogens is 1. The zero-order valence-electron chi connectivity index (χ0n) is 59.0. The van der Waals surface area contributed by atoms with E-state index in [2.05, 4.69) is 74.6 Å². The number of carbonyl (C=O) groups is 2. The summed E-state index contributed by atoms with van der Waals surface area (Å²) in [4.78, 5) is 35.9. The number of likely N-dealkylation sites (N-methyl/N-ethyl adjacent to an activating group) is 1. The van der Waals surface area contributed by atoms with Crippen molar-refractivity contribution in [1.82, 2.24) is 0 Å². The Labute approximate surface area is 546 Å². The first-order valence-electron chi connectivity index (χ1n) is 38.0. The molecule has 10 heteroatoms. The van der Waals surface area contributed by atoms with E-state index in [0.717, 1.165) is 64.2 Å². The molecule has 0 radical (unpaired) electrons. The van der Waals surface area contributed by atoms with Gasteiger partial charge in [-0.25, -0.2) is 4.57 Å². The first kappa shape index (κ1) is 85.7. The van der Waals surface area contributed by atoms with Gasteiger partial charge in [-0.2, -0.15) is 0 Å². The minimum absolute atomic E-state index is 0.0343. The first-order chi connectivity index (χ1) is 43.0. The van der Waals surface area contributed by atoms with Gasteiger partial charge in [-0.15, -0.1) is 0 Å². The zero-order valence-corrected chi connectivity index (χ0v) is 59.9. The Bertz CT molecular complexity index is 1670. The lowest BCUT2D eigenvalue weighted by Gasteiger charge is -2.24. The number of hydrogen-bond donors (Lipinski definition) is 1. The van der Waals surface area contributed by atoms with Crippen LogP contribution in [0.25, 0.3) is 0 Å². The smallest absolute Gasteiger partial charge is 0.462 e. The number of rotatable bonds is 71. The van der Waals surface area contributed by atoms with Gasteiger partial charge in [0.05, 0.1) is 27.7 Å². The fraction of sp³-hybridized carbons (Fsp3) is 0.846. The molecule has 88 heavy (non-hydrogen) atoms. The largest absolute Gasteiger partial charge is 0.472 e. The highest BCUT2D eigenvalue weighted by molar-refractivity contribution is 7.47. The fourth-order valence-corrected chi connectivity index (χ4v) is 12.0. The van der Waals surface area contributed by atoms with Crippen LogP contribution in [0.1, 0.15) is 373 Å². The van der Waals surface area contributed by atoms with Crippen LogP contribution in [-0.2, 0) is 32.7 Å². The van der Waals surface area contributed by atoms with Gasteiger partial charge in [-0.1, -0.05) is 364 Å². The molecule has 2 unspecified atom stereocenters. The molecule has 1 N–H and O–H groups in total. The predicted molar refractivity (Wildman–Crippen MR) is 381 cm³/mol. The Morgan fingerprint density at radius 2 is 0.648 bits per heavy atom. The summed E-state index contributed by atoms with van der Waals surface area (Å²) in [5.74, 6) is -0.774. The Hall–Kier alpha value is -2.29. The molecule has 0 saturated heterocycles. The van der Waals surface area contributed by atoms with Crippen molar-refractivity contribution in [3.63, 3.8) is 0 Å². The molecule has 0 aromatic heterocycles. The number of carbonyl (C=O) groups excluding carboxylic acids is 2. The minimum Gasteiger partial charge on any atom is -0.462 e. The first-order valence-corrected chi connectivity index (χ1v) is 39.5. The summed E-state index contributed by atoms with van der Waals surface area (Å²) in [5.41, 5.74) is 0. The molecular formula is C78H147NO8P+. The summed E-state index contributed by atoms with van der Waals surface area (Å²) in [7, 11) is 1.50. The second-order valence-corrected chi connectivity index (χ2v) is 28.5. The summed E-state index contributed by atoms with van der Waals surface area (Å²) in [6, 6.07) is 0. The number of hydrogen-bond acceptors (Lipinski definition) is 7. The number of unbranched alkanes of at least 4 members (excludes halogenated alkanes) is 47. The summed E-state index contributed by atoms with van der Waals surface area (Å²) in [6.07, 6.45) is 92.1. The van der Waals surface area contributed by atoms with E-state index in [4.69, 9.17) is 18.5 Å². The molecule has 0 amide bonds. The standard InChI is InChI=1S/C78H146NO8P/c1-6-8-10-12-14-16-18-20-22-24-26-28-30-32-34-35-36-37-38-39-40-41-42-43-45-47-49-51-53-55-57-59-61-63-65-67-69-71-78(81)87-76(75-86-88(82,83)85-73-72-79(3,4)5)74-84-77(80)70-68-66-64-62-60-58-56-54-52-50-48-46-44-33-31-29-27-25-23-21-19-17-15-13-11-9-7-2/h8,10,14,16,20,22,26,28,32,34,76H,6-7,9,11-13,15,17-19,21,23-25,27,29-31,33,35-75H2,1-5H3/p+1/b10-8-,16-14-,22-20-,28-26-,34-32-. The van der Waals surface area contributed by atoms with Gasteiger partial charge in [-0.05, 0) is 57.8 Å². The Balaban J connectivity index is 3.94. The van der Waals surface area contributed by atoms with Crippen molar-refractivity contribution < 1.29 is 42.1 Å². The Kier molecular flexibility index (Phi) is 67.3. The van der Waals surface area contributed by atoms with Crippen LogP contribution in [0.2, 0.25) is 0 Å². The molecule has 0 aliphatic rings. The average Bonchev–Trinajstić information content (AvgIpc) is 3.68. The van der Waals surface area contributed by atoms with Crippen LogP contribution in [0.15, 0.2) is 60.8 Å². The van der Waals surface area contributed by atoms with Crippen LogP contribution in [-0.4, -0.2) is 74.9 Å². The van der Waals surface area contributed by atoms with E-state index >= 15 is 0 Å². The lowest BCUT2D eigenvalue weighted by atomic mass is 10.0. The number of phosphoric acid groups is 1. The molecule has 0 aliphatic heterocycles. The molecule has 0 aromatic carbocycles. The lowest BCUT2D eigenvalue weighted by Crippen LogP contribution is -2.37. The number of phosphoric ester groups is 1. The minimum atomic E-state index is -4.39. The molecule has 0 rings (SSSR count). The topological polar surface area (TPSA) is 108 Å². The van der Waals surface area contributed by atoms with E-state index in [-0.39, 0.29) is 25.6 Å².